The predicted molar refractivity (Wildman–Crippen MR) is 112 cm³/mol. The van der Waals surface area contributed by atoms with E-state index >= 15 is 0 Å². The molecule has 28 heavy (non-hydrogen) atoms. The van der Waals surface area contributed by atoms with Crippen LogP contribution in [0.2, 0.25) is 0 Å². The zero-order valence-electron chi connectivity index (χ0n) is 16.9. The smallest absolute Gasteiger partial charge is 0.261 e. The van der Waals surface area contributed by atoms with Gasteiger partial charge in [0.05, 0.1) is 11.0 Å². The molecule has 3 heterocycles. The van der Waals surface area contributed by atoms with E-state index in [1.807, 2.05) is 0 Å². The first-order valence-corrected chi connectivity index (χ1v) is 11.8. The molecule has 1 aliphatic carbocycles. The van der Waals surface area contributed by atoms with Crippen LogP contribution in [-0.4, -0.2) is 61.4 Å². The molecule has 1 unspecified atom stereocenters. The molecule has 1 amide bonds. The monoisotopic (exact) mass is 406 g/mol. The molecule has 2 fully saturated rings. The van der Waals surface area contributed by atoms with E-state index < -0.39 is 0 Å². The Labute approximate surface area is 172 Å². The number of fused-ring (bicyclic) bond motifs is 1. The third-order valence-corrected chi connectivity index (χ3v) is 7.94. The molecule has 156 valence electrons. The number of carbonyl (C=O) groups excluding carboxylic acids is 1. The van der Waals surface area contributed by atoms with Gasteiger partial charge in [0.15, 0.2) is 0 Å². The predicted octanol–water partition coefficient (Wildman–Crippen LogP) is 3.00. The molecular weight excluding hydrogens is 372 g/mol. The van der Waals surface area contributed by atoms with Gasteiger partial charge in [-0.1, -0.05) is 12.8 Å². The number of hydrogen-bond donors (Lipinski definition) is 2. The summed E-state index contributed by atoms with van der Waals surface area (Å²) in [7, 11) is 0. The van der Waals surface area contributed by atoms with Crippen molar-refractivity contribution >= 4 is 17.2 Å². The minimum atomic E-state index is -0.197. The number of hydrogen-bond acceptors (Lipinski definition) is 5. The van der Waals surface area contributed by atoms with Crippen molar-refractivity contribution in [1.29, 1.82) is 0 Å². The van der Waals surface area contributed by atoms with Crippen molar-refractivity contribution in [3.05, 3.63) is 21.4 Å². The van der Waals surface area contributed by atoms with Crippen LogP contribution < -0.4 is 5.32 Å². The Morgan fingerprint density at radius 2 is 2.04 bits per heavy atom. The van der Waals surface area contributed by atoms with Gasteiger partial charge in [-0.15, -0.1) is 11.3 Å². The van der Waals surface area contributed by atoms with Crippen LogP contribution in [0.25, 0.3) is 0 Å². The number of likely N-dealkylation sites (tertiary alicyclic amines) is 1. The first-order chi connectivity index (χ1) is 13.6. The van der Waals surface area contributed by atoms with Crippen LogP contribution in [0.5, 0.6) is 0 Å². The Kier molecular flexibility index (Phi) is 6.71. The van der Waals surface area contributed by atoms with E-state index in [0.717, 1.165) is 69.8 Å². The molecule has 0 aromatic carbocycles. The SMILES string of the molecule is O=C(NCC1(CN2CCC(O)C2)CCOCC1)c1cc2c(s1)CCCCCC2. The molecule has 2 saturated heterocycles. The number of aryl methyl sites for hydroxylation is 2. The van der Waals surface area contributed by atoms with E-state index in [9.17, 15) is 9.90 Å². The minimum absolute atomic E-state index is 0.0593. The van der Waals surface area contributed by atoms with Crippen LogP contribution in [-0.2, 0) is 17.6 Å². The molecule has 0 bridgehead atoms. The van der Waals surface area contributed by atoms with Crippen molar-refractivity contribution in [3.63, 3.8) is 0 Å². The van der Waals surface area contributed by atoms with Gasteiger partial charge in [0.1, 0.15) is 0 Å². The van der Waals surface area contributed by atoms with E-state index in [1.165, 1.54) is 36.1 Å². The zero-order valence-corrected chi connectivity index (χ0v) is 17.7. The van der Waals surface area contributed by atoms with E-state index in [1.54, 1.807) is 11.3 Å². The maximum absolute atomic E-state index is 12.9. The quantitative estimate of drug-likeness (QED) is 0.789. The van der Waals surface area contributed by atoms with Gasteiger partial charge >= 0.3 is 0 Å². The summed E-state index contributed by atoms with van der Waals surface area (Å²) in [5, 5.41) is 13.1. The largest absolute Gasteiger partial charge is 0.392 e. The summed E-state index contributed by atoms with van der Waals surface area (Å²) in [6, 6.07) is 2.15. The van der Waals surface area contributed by atoms with Crippen LogP contribution >= 0.6 is 11.3 Å². The zero-order chi connectivity index (χ0) is 19.4. The topological polar surface area (TPSA) is 61.8 Å². The van der Waals surface area contributed by atoms with Gasteiger partial charge in [0, 0.05) is 49.7 Å². The number of thiophene rings is 1. The number of β-amino-alcohol motifs (C(OH)–C–C–N with tert-alkyl or cyclic N) is 1. The highest BCUT2D eigenvalue weighted by molar-refractivity contribution is 7.14. The van der Waals surface area contributed by atoms with E-state index in [-0.39, 0.29) is 17.4 Å². The molecule has 4 rings (SSSR count). The van der Waals surface area contributed by atoms with Gasteiger partial charge in [-0.3, -0.25) is 4.79 Å². The van der Waals surface area contributed by atoms with E-state index in [4.69, 9.17) is 4.74 Å². The Balaban J connectivity index is 1.39. The Morgan fingerprint density at radius 1 is 1.25 bits per heavy atom. The lowest BCUT2D eigenvalue weighted by Gasteiger charge is -2.40. The molecule has 1 aromatic heterocycles. The molecule has 2 N–H and O–H groups in total. The third-order valence-electron chi connectivity index (χ3n) is 6.70. The van der Waals surface area contributed by atoms with E-state index in [0.29, 0.717) is 6.54 Å². The summed E-state index contributed by atoms with van der Waals surface area (Å²) in [6.07, 6.45) is 9.98. The summed E-state index contributed by atoms with van der Waals surface area (Å²) >= 11 is 1.70. The number of nitrogens with zero attached hydrogens (tertiary/aromatic N) is 1. The highest BCUT2D eigenvalue weighted by atomic mass is 32.1. The molecule has 6 heteroatoms. The van der Waals surface area contributed by atoms with Crippen molar-refractivity contribution in [1.82, 2.24) is 10.2 Å². The maximum Gasteiger partial charge on any atom is 0.261 e. The van der Waals surface area contributed by atoms with Crippen molar-refractivity contribution in [2.45, 2.75) is 63.9 Å². The minimum Gasteiger partial charge on any atom is -0.392 e. The third kappa shape index (κ3) is 4.96. The number of ether oxygens (including phenoxy) is 1. The summed E-state index contributed by atoms with van der Waals surface area (Å²) in [4.78, 5) is 17.6. The highest BCUT2D eigenvalue weighted by Crippen LogP contribution is 2.33. The average molecular weight is 407 g/mol. The summed E-state index contributed by atoms with van der Waals surface area (Å²) in [5.74, 6) is 0.0871. The van der Waals surface area contributed by atoms with Crippen molar-refractivity contribution in [2.75, 3.05) is 39.4 Å². The fourth-order valence-corrected chi connectivity index (χ4v) is 6.11. The van der Waals surface area contributed by atoms with Crippen molar-refractivity contribution < 1.29 is 14.6 Å². The first-order valence-electron chi connectivity index (χ1n) is 11.0. The Bertz CT molecular complexity index is 643. The average Bonchev–Trinajstić information content (AvgIpc) is 3.26. The van der Waals surface area contributed by atoms with Gasteiger partial charge in [-0.05, 0) is 56.6 Å². The molecule has 1 aromatic rings. The fourth-order valence-electron chi connectivity index (χ4n) is 4.94. The molecule has 5 nitrogen and oxygen atoms in total. The normalized spacial score (nSPS) is 25.7. The van der Waals surface area contributed by atoms with Gasteiger partial charge in [-0.2, -0.15) is 0 Å². The standard InChI is InChI=1S/C22H34N2O3S/c25-18-7-10-24(14-18)16-22(8-11-27-12-9-22)15-23-21(26)20-13-17-5-3-1-2-4-6-19(17)28-20/h13,18,25H,1-12,14-16H2,(H,23,26). The highest BCUT2D eigenvalue weighted by Gasteiger charge is 2.36. The lowest BCUT2D eigenvalue weighted by atomic mass is 9.79. The number of aliphatic hydroxyl groups is 1. The first kappa shape index (κ1) is 20.3. The lowest BCUT2D eigenvalue weighted by molar-refractivity contribution is -0.00211. The number of rotatable bonds is 5. The Hall–Kier alpha value is -0.950. The number of nitrogens with one attached hydrogen (secondary N) is 1. The Morgan fingerprint density at radius 3 is 2.79 bits per heavy atom. The van der Waals surface area contributed by atoms with Gasteiger partial charge in [-0.25, -0.2) is 0 Å². The number of carbonyl (C=O) groups is 1. The second kappa shape index (κ2) is 9.24. The molecule has 0 radical (unpaired) electrons. The molecular formula is C22H34N2O3S. The molecule has 3 aliphatic rings. The molecule has 0 saturated carbocycles. The van der Waals surface area contributed by atoms with Gasteiger partial charge in [0.2, 0.25) is 0 Å². The van der Waals surface area contributed by atoms with Crippen molar-refractivity contribution in [2.24, 2.45) is 5.41 Å². The van der Waals surface area contributed by atoms with Crippen LogP contribution in [0.1, 0.15) is 65.1 Å². The van der Waals surface area contributed by atoms with Crippen LogP contribution in [0.15, 0.2) is 6.07 Å². The maximum atomic E-state index is 12.9. The number of aliphatic hydroxyl groups excluding tert-OH is 1. The summed E-state index contributed by atoms with van der Waals surface area (Å²) in [6.45, 7) is 4.88. The van der Waals surface area contributed by atoms with Gasteiger partial charge < -0.3 is 20.1 Å². The summed E-state index contributed by atoms with van der Waals surface area (Å²) < 4.78 is 5.60. The molecule has 0 spiro atoms. The fraction of sp³-hybridized carbons (Fsp3) is 0.773. The van der Waals surface area contributed by atoms with Crippen LogP contribution in [0.4, 0.5) is 0 Å². The molecule has 1 atom stereocenters. The number of amides is 1. The van der Waals surface area contributed by atoms with Gasteiger partial charge in [0.25, 0.3) is 5.91 Å². The second-order valence-corrected chi connectivity index (χ2v) is 10.1. The van der Waals surface area contributed by atoms with Crippen LogP contribution in [0, 0.1) is 5.41 Å². The molecule has 2 aliphatic heterocycles. The second-order valence-electron chi connectivity index (χ2n) is 8.95. The van der Waals surface area contributed by atoms with E-state index in [2.05, 4.69) is 16.3 Å². The van der Waals surface area contributed by atoms with Crippen LogP contribution in [0.3, 0.4) is 0 Å². The van der Waals surface area contributed by atoms with Crippen molar-refractivity contribution in [3.8, 4) is 0 Å². The lowest BCUT2D eigenvalue weighted by Crippen LogP contribution is -2.48. The summed E-state index contributed by atoms with van der Waals surface area (Å²) in [5.41, 5.74) is 1.46.